The highest BCUT2D eigenvalue weighted by Gasteiger charge is 2.46. The van der Waals surface area contributed by atoms with Gasteiger partial charge >= 0.3 is 6.03 Å². The number of hydrogen-bond acceptors (Lipinski definition) is 5. The van der Waals surface area contributed by atoms with Crippen LogP contribution in [0.25, 0.3) is 0 Å². The van der Waals surface area contributed by atoms with Gasteiger partial charge < -0.3 is 10.6 Å². The Labute approximate surface area is 117 Å². The van der Waals surface area contributed by atoms with Gasteiger partial charge in [0.25, 0.3) is 5.91 Å². The number of imide groups is 1. The topological polar surface area (TPSA) is 87.2 Å². The van der Waals surface area contributed by atoms with Crippen molar-refractivity contribution in [2.24, 2.45) is 0 Å². The third kappa shape index (κ3) is 2.43. The molecule has 7 nitrogen and oxygen atoms in total. The molecule has 0 spiro atoms. The Kier molecular flexibility index (Phi) is 3.61. The first-order chi connectivity index (χ1) is 9.39. The fraction of sp³-hybridized carbons (Fsp3) is 0.538. The van der Waals surface area contributed by atoms with Crippen LogP contribution in [-0.4, -0.2) is 39.4 Å². The van der Waals surface area contributed by atoms with Gasteiger partial charge in [0.2, 0.25) is 0 Å². The van der Waals surface area contributed by atoms with Gasteiger partial charge in [-0.1, -0.05) is 6.92 Å². The van der Waals surface area contributed by atoms with Crippen molar-refractivity contribution in [1.82, 2.24) is 20.2 Å². The molecule has 0 aliphatic carbocycles. The number of carbonyl (C=O) groups excluding carboxylic acids is 2. The summed E-state index contributed by atoms with van der Waals surface area (Å²) in [7, 11) is 1.76. The molecule has 1 aliphatic heterocycles. The van der Waals surface area contributed by atoms with Crippen LogP contribution in [0.4, 0.5) is 10.6 Å². The molecule has 1 aromatic heterocycles. The van der Waals surface area contributed by atoms with Crippen LogP contribution < -0.4 is 10.6 Å². The van der Waals surface area contributed by atoms with Crippen molar-refractivity contribution in [2.45, 2.75) is 39.3 Å². The van der Waals surface area contributed by atoms with Gasteiger partial charge in [-0.25, -0.2) is 14.8 Å². The number of amides is 3. The van der Waals surface area contributed by atoms with Crippen LogP contribution in [0.5, 0.6) is 0 Å². The normalized spacial score (nSPS) is 22.1. The van der Waals surface area contributed by atoms with E-state index in [1.807, 2.05) is 13.8 Å². The van der Waals surface area contributed by atoms with E-state index in [1.54, 1.807) is 20.0 Å². The monoisotopic (exact) mass is 277 g/mol. The molecule has 3 amide bonds. The van der Waals surface area contributed by atoms with E-state index in [0.29, 0.717) is 18.1 Å². The second kappa shape index (κ2) is 5.07. The Hall–Kier alpha value is -2.18. The van der Waals surface area contributed by atoms with Crippen molar-refractivity contribution in [3.8, 4) is 0 Å². The fourth-order valence-electron chi connectivity index (χ4n) is 2.10. The molecule has 0 radical (unpaired) electrons. The van der Waals surface area contributed by atoms with Crippen LogP contribution in [0, 0.1) is 6.92 Å². The molecule has 2 rings (SSSR count). The van der Waals surface area contributed by atoms with Crippen LogP contribution in [0.3, 0.4) is 0 Å². The van der Waals surface area contributed by atoms with Gasteiger partial charge in [-0.2, -0.15) is 0 Å². The van der Waals surface area contributed by atoms with Gasteiger partial charge in [0.1, 0.15) is 11.4 Å². The first-order valence-corrected chi connectivity index (χ1v) is 6.56. The van der Waals surface area contributed by atoms with Crippen molar-refractivity contribution in [3.63, 3.8) is 0 Å². The second-order valence-electron chi connectivity index (χ2n) is 5.07. The lowest BCUT2D eigenvalue weighted by Crippen LogP contribution is -2.43. The number of carbonyl (C=O) groups is 2. The number of anilines is 1. The quantitative estimate of drug-likeness (QED) is 0.803. The predicted molar refractivity (Wildman–Crippen MR) is 74.1 cm³/mol. The maximum absolute atomic E-state index is 12.3. The SMILES string of the molecule is CCC1(C)NC(=O)N(Cc2nc(C)cc(NC)n2)C1=O. The Balaban J connectivity index is 2.24. The van der Waals surface area contributed by atoms with E-state index >= 15 is 0 Å². The number of urea groups is 1. The van der Waals surface area contributed by atoms with Gasteiger partial charge in [0.05, 0.1) is 6.54 Å². The summed E-state index contributed by atoms with van der Waals surface area (Å²) in [5, 5.41) is 5.64. The Bertz CT molecular complexity index is 560. The third-order valence-electron chi connectivity index (χ3n) is 3.51. The molecule has 0 saturated carbocycles. The van der Waals surface area contributed by atoms with Crippen LogP contribution in [-0.2, 0) is 11.3 Å². The van der Waals surface area contributed by atoms with Crippen molar-refractivity contribution in [1.29, 1.82) is 0 Å². The van der Waals surface area contributed by atoms with E-state index < -0.39 is 11.6 Å². The average molecular weight is 277 g/mol. The highest BCUT2D eigenvalue weighted by molar-refractivity contribution is 6.06. The van der Waals surface area contributed by atoms with Crippen molar-refractivity contribution in [2.75, 3.05) is 12.4 Å². The number of rotatable bonds is 4. The van der Waals surface area contributed by atoms with E-state index in [-0.39, 0.29) is 12.5 Å². The summed E-state index contributed by atoms with van der Waals surface area (Å²) >= 11 is 0. The molecule has 20 heavy (non-hydrogen) atoms. The number of aryl methyl sites for hydroxylation is 1. The first kappa shape index (κ1) is 14.2. The number of aromatic nitrogens is 2. The van der Waals surface area contributed by atoms with E-state index in [4.69, 9.17) is 0 Å². The second-order valence-corrected chi connectivity index (χ2v) is 5.07. The summed E-state index contributed by atoms with van der Waals surface area (Å²) < 4.78 is 0. The van der Waals surface area contributed by atoms with Gasteiger partial charge in [-0.05, 0) is 20.3 Å². The Morgan fingerprint density at radius 1 is 1.40 bits per heavy atom. The first-order valence-electron chi connectivity index (χ1n) is 6.56. The molecule has 2 heterocycles. The highest BCUT2D eigenvalue weighted by Crippen LogP contribution is 2.22. The summed E-state index contributed by atoms with van der Waals surface area (Å²) in [6.45, 7) is 5.51. The molecule has 7 heteroatoms. The van der Waals surface area contributed by atoms with E-state index in [1.165, 1.54) is 0 Å². The maximum Gasteiger partial charge on any atom is 0.325 e. The molecule has 0 bridgehead atoms. The van der Waals surface area contributed by atoms with Gasteiger partial charge in [-0.15, -0.1) is 0 Å². The summed E-state index contributed by atoms with van der Waals surface area (Å²) in [6, 6.07) is 1.40. The van der Waals surface area contributed by atoms with Gasteiger partial charge in [-0.3, -0.25) is 9.69 Å². The average Bonchev–Trinajstić information content (AvgIpc) is 2.62. The molecule has 2 N–H and O–H groups in total. The largest absolute Gasteiger partial charge is 0.373 e. The zero-order valence-corrected chi connectivity index (χ0v) is 12.1. The molecule has 1 aliphatic rings. The fourth-order valence-corrected chi connectivity index (χ4v) is 2.10. The Morgan fingerprint density at radius 3 is 2.65 bits per heavy atom. The van der Waals surface area contributed by atoms with E-state index in [2.05, 4.69) is 20.6 Å². The lowest BCUT2D eigenvalue weighted by Gasteiger charge is -2.19. The molecule has 1 aromatic rings. The summed E-state index contributed by atoms with van der Waals surface area (Å²) in [4.78, 5) is 33.9. The number of nitrogens with one attached hydrogen (secondary N) is 2. The molecule has 1 fully saturated rings. The van der Waals surface area contributed by atoms with Crippen LogP contribution >= 0.6 is 0 Å². The number of hydrogen-bond donors (Lipinski definition) is 2. The number of nitrogens with zero attached hydrogens (tertiary/aromatic N) is 3. The minimum atomic E-state index is -0.827. The predicted octanol–water partition coefficient (Wildman–Crippen LogP) is 1.05. The van der Waals surface area contributed by atoms with Crippen molar-refractivity contribution in [3.05, 3.63) is 17.6 Å². The van der Waals surface area contributed by atoms with E-state index in [9.17, 15) is 9.59 Å². The van der Waals surface area contributed by atoms with Gasteiger partial charge in [0, 0.05) is 18.8 Å². The summed E-state index contributed by atoms with van der Waals surface area (Å²) in [5.74, 6) is 0.872. The molecule has 0 aromatic carbocycles. The molecule has 108 valence electrons. The van der Waals surface area contributed by atoms with Gasteiger partial charge in [0.15, 0.2) is 5.82 Å². The summed E-state index contributed by atoms with van der Waals surface area (Å²) in [6.07, 6.45) is 0.546. The minimum absolute atomic E-state index is 0.0800. The summed E-state index contributed by atoms with van der Waals surface area (Å²) in [5.41, 5.74) is -0.0446. The zero-order chi connectivity index (χ0) is 14.9. The van der Waals surface area contributed by atoms with Crippen molar-refractivity contribution < 1.29 is 9.59 Å². The van der Waals surface area contributed by atoms with Crippen molar-refractivity contribution >= 4 is 17.8 Å². The molecule has 1 atom stereocenters. The molecule has 1 saturated heterocycles. The third-order valence-corrected chi connectivity index (χ3v) is 3.51. The minimum Gasteiger partial charge on any atom is -0.373 e. The van der Waals surface area contributed by atoms with Crippen LogP contribution in [0.2, 0.25) is 0 Å². The van der Waals surface area contributed by atoms with Crippen LogP contribution in [0.15, 0.2) is 6.07 Å². The maximum atomic E-state index is 12.3. The Morgan fingerprint density at radius 2 is 2.10 bits per heavy atom. The van der Waals surface area contributed by atoms with E-state index in [0.717, 1.165) is 10.6 Å². The smallest absolute Gasteiger partial charge is 0.325 e. The lowest BCUT2D eigenvalue weighted by atomic mass is 9.99. The molecule has 1 unspecified atom stereocenters. The standard InChI is InChI=1S/C13H19N5O2/c1-5-13(3)11(19)18(12(20)17-13)7-10-15-8(2)6-9(14-4)16-10/h6H,5,7H2,1-4H3,(H,17,20)(H,14,15,16). The molecular weight excluding hydrogens is 258 g/mol. The highest BCUT2D eigenvalue weighted by atomic mass is 16.2. The molecular formula is C13H19N5O2. The lowest BCUT2D eigenvalue weighted by molar-refractivity contribution is -0.131. The van der Waals surface area contributed by atoms with Crippen LogP contribution in [0.1, 0.15) is 31.8 Å². The zero-order valence-electron chi connectivity index (χ0n) is 12.1.